The zero-order valence-electron chi connectivity index (χ0n) is 11.7. The number of anilines is 1. The van der Waals surface area contributed by atoms with E-state index in [4.69, 9.17) is 16.3 Å². The van der Waals surface area contributed by atoms with Crippen molar-refractivity contribution in [3.8, 4) is 0 Å². The van der Waals surface area contributed by atoms with E-state index in [9.17, 15) is 0 Å². The van der Waals surface area contributed by atoms with E-state index in [1.54, 1.807) is 7.11 Å². The Labute approximate surface area is 115 Å². The molecule has 0 saturated carbocycles. The second-order valence-electron chi connectivity index (χ2n) is 4.58. The molecule has 102 valence electrons. The molecular formula is C14H23ClN2O. The standard InChI is InChI=1S/C14H23ClN2O/c1-11(2)17(7-8-18-4)14-9-13(15)6-5-12(14)10-16-3/h5-6,9,11,16H,7-8,10H2,1-4H3. The van der Waals surface area contributed by atoms with Crippen LogP contribution < -0.4 is 10.2 Å². The summed E-state index contributed by atoms with van der Waals surface area (Å²) >= 11 is 6.12. The summed E-state index contributed by atoms with van der Waals surface area (Å²) in [5.74, 6) is 0. The van der Waals surface area contributed by atoms with Crippen molar-refractivity contribution in [3.05, 3.63) is 28.8 Å². The molecule has 3 nitrogen and oxygen atoms in total. The Morgan fingerprint density at radius 3 is 2.67 bits per heavy atom. The van der Waals surface area contributed by atoms with Crippen molar-refractivity contribution in [2.24, 2.45) is 0 Å². The number of rotatable bonds is 7. The van der Waals surface area contributed by atoms with Crippen LogP contribution in [0.5, 0.6) is 0 Å². The average molecular weight is 271 g/mol. The van der Waals surface area contributed by atoms with Gasteiger partial charge in [0.15, 0.2) is 0 Å². The molecule has 1 aromatic rings. The van der Waals surface area contributed by atoms with E-state index >= 15 is 0 Å². The van der Waals surface area contributed by atoms with Gasteiger partial charge >= 0.3 is 0 Å². The Kier molecular flexibility index (Phi) is 6.47. The van der Waals surface area contributed by atoms with Crippen LogP contribution in [0.25, 0.3) is 0 Å². The predicted octanol–water partition coefficient (Wildman–Crippen LogP) is 2.92. The van der Waals surface area contributed by atoms with Gasteiger partial charge in [-0.3, -0.25) is 0 Å². The van der Waals surface area contributed by atoms with Crippen LogP contribution in [0.3, 0.4) is 0 Å². The number of halogens is 1. The summed E-state index contributed by atoms with van der Waals surface area (Å²) in [5, 5.41) is 3.96. The Morgan fingerprint density at radius 2 is 2.11 bits per heavy atom. The lowest BCUT2D eigenvalue weighted by Gasteiger charge is -2.31. The highest BCUT2D eigenvalue weighted by atomic mass is 35.5. The minimum absolute atomic E-state index is 0.411. The quantitative estimate of drug-likeness (QED) is 0.825. The molecule has 0 unspecified atom stereocenters. The molecule has 0 amide bonds. The molecule has 1 aromatic carbocycles. The summed E-state index contributed by atoms with van der Waals surface area (Å²) in [7, 11) is 3.68. The SMILES string of the molecule is CNCc1ccc(Cl)cc1N(CCOC)C(C)C. The summed E-state index contributed by atoms with van der Waals surface area (Å²) in [6.07, 6.45) is 0. The highest BCUT2D eigenvalue weighted by molar-refractivity contribution is 6.30. The topological polar surface area (TPSA) is 24.5 Å². The van der Waals surface area contributed by atoms with Crippen molar-refractivity contribution in [3.63, 3.8) is 0 Å². The number of benzene rings is 1. The number of nitrogens with one attached hydrogen (secondary N) is 1. The maximum atomic E-state index is 6.12. The smallest absolute Gasteiger partial charge is 0.0637 e. The Morgan fingerprint density at radius 1 is 1.39 bits per heavy atom. The first-order valence-electron chi connectivity index (χ1n) is 6.28. The second-order valence-corrected chi connectivity index (χ2v) is 5.02. The molecule has 1 N–H and O–H groups in total. The molecule has 0 aliphatic heterocycles. The second kappa shape index (κ2) is 7.62. The van der Waals surface area contributed by atoms with Crippen molar-refractivity contribution in [1.82, 2.24) is 5.32 Å². The Hall–Kier alpha value is -0.770. The minimum Gasteiger partial charge on any atom is -0.383 e. The number of nitrogens with zero attached hydrogens (tertiary/aromatic N) is 1. The summed E-state index contributed by atoms with van der Waals surface area (Å²) in [5.41, 5.74) is 2.44. The summed E-state index contributed by atoms with van der Waals surface area (Å²) < 4.78 is 5.18. The van der Waals surface area contributed by atoms with Gasteiger partial charge in [-0.05, 0) is 38.6 Å². The van der Waals surface area contributed by atoms with Gasteiger partial charge in [-0.1, -0.05) is 17.7 Å². The van der Waals surface area contributed by atoms with Crippen molar-refractivity contribution in [2.75, 3.05) is 32.2 Å². The van der Waals surface area contributed by atoms with Crippen LogP contribution in [0.4, 0.5) is 5.69 Å². The average Bonchev–Trinajstić information content (AvgIpc) is 2.32. The van der Waals surface area contributed by atoms with Crippen LogP contribution in [-0.2, 0) is 11.3 Å². The number of hydrogen-bond acceptors (Lipinski definition) is 3. The van der Waals surface area contributed by atoms with Crippen LogP contribution >= 0.6 is 11.6 Å². The molecule has 4 heteroatoms. The lowest BCUT2D eigenvalue weighted by molar-refractivity contribution is 0.204. The molecule has 0 radical (unpaired) electrons. The van der Waals surface area contributed by atoms with Crippen molar-refractivity contribution in [1.29, 1.82) is 0 Å². The van der Waals surface area contributed by atoms with Gasteiger partial charge in [-0.15, -0.1) is 0 Å². The fraction of sp³-hybridized carbons (Fsp3) is 0.571. The molecule has 0 atom stereocenters. The van der Waals surface area contributed by atoms with Crippen LogP contribution in [0.1, 0.15) is 19.4 Å². The van der Waals surface area contributed by atoms with Crippen LogP contribution in [0.15, 0.2) is 18.2 Å². The first-order valence-corrected chi connectivity index (χ1v) is 6.66. The predicted molar refractivity (Wildman–Crippen MR) is 78.6 cm³/mol. The zero-order chi connectivity index (χ0) is 13.5. The molecule has 0 aliphatic rings. The molecule has 0 saturated heterocycles. The highest BCUT2D eigenvalue weighted by Crippen LogP contribution is 2.26. The van der Waals surface area contributed by atoms with Gasteiger partial charge in [0.2, 0.25) is 0 Å². The maximum Gasteiger partial charge on any atom is 0.0637 e. The Bertz CT molecular complexity index is 369. The van der Waals surface area contributed by atoms with E-state index in [-0.39, 0.29) is 0 Å². The van der Waals surface area contributed by atoms with E-state index in [2.05, 4.69) is 30.1 Å². The number of hydrogen-bond donors (Lipinski definition) is 1. The van der Waals surface area contributed by atoms with Crippen molar-refractivity contribution < 1.29 is 4.74 Å². The molecule has 0 aromatic heterocycles. The Balaban J connectivity index is 3.03. The minimum atomic E-state index is 0.411. The normalized spacial score (nSPS) is 11.0. The van der Waals surface area contributed by atoms with Crippen LogP contribution in [0.2, 0.25) is 5.02 Å². The van der Waals surface area contributed by atoms with E-state index < -0.39 is 0 Å². The van der Waals surface area contributed by atoms with E-state index in [0.717, 1.165) is 18.1 Å². The van der Waals surface area contributed by atoms with Gasteiger partial charge in [0.1, 0.15) is 0 Å². The van der Waals surface area contributed by atoms with Crippen molar-refractivity contribution in [2.45, 2.75) is 26.4 Å². The number of methoxy groups -OCH3 is 1. The summed E-state index contributed by atoms with van der Waals surface area (Å²) in [6, 6.07) is 6.46. The summed E-state index contributed by atoms with van der Waals surface area (Å²) in [4.78, 5) is 2.32. The number of ether oxygens (including phenoxy) is 1. The van der Waals surface area contributed by atoms with Gasteiger partial charge < -0.3 is 15.0 Å². The maximum absolute atomic E-state index is 6.12. The third kappa shape index (κ3) is 4.16. The van der Waals surface area contributed by atoms with Gasteiger partial charge in [0.25, 0.3) is 0 Å². The highest BCUT2D eigenvalue weighted by Gasteiger charge is 2.14. The van der Waals surface area contributed by atoms with Gasteiger partial charge in [-0.25, -0.2) is 0 Å². The lowest BCUT2D eigenvalue weighted by Crippen LogP contribution is -2.34. The molecule has 0 bridgehead atoms. The molecular weight excluding hydrogens is 248 g/mol. The first-order chi connectivity index (χ1) is 8.60. The van der Waals surface area contributed by atoms with E-state index in [1.807, 2.05) is 19.2 Å². The van der Waals surface area contributed by atoms with Gasteiger partial charge in [-0.2, -0.15) is 0 Å². The molecule has 0 fully saturated rings. The molecule has 0 aliphatic carbocycles. The molecule has 1 rings (SSSR count). The fourth-order valence-electron chi connectivity index (χ4n) is 1.99. The first kappa shape index (κ1) is 15.3. The molecule has 0 heterocycles. The lowest BCUT2D eigenvalue weighted by atomic mass is 10.1. The summed E-state index contributed by atoms with van der Waals surface area (Å²) in [6.45, 7) is 6.77. The van der Waals surface area contributed by atoms with E-state index in [0.29, 0.717) is 12.6 Å². The molecule has 0 spiro atoms. The van der Waals surface area contributed by atoms with Crippen molar-refractivity contribution >= 4 is 17.3 Å². The fourth-order valence-corrected chi connectivity index (χ4v) is 2.16. The largest absolute Gasteiger partial charge is 0.383 e. The van der Waals surface area contributed by atoms with Crippen LogP contribution in [-0.4, -0.2) is 33.4 Å². The van der Waals surface area contributed by atoms with Gasteiger partial charge in [0, 0.05) is 37.0 Å². The third-order valence-electron chi connectivity index (χ3n) is 2.88. The zero-order valence-corrected chi connectivity index (χ0v) is 12.4. The van der Waals surface area contributed by atoms with E-state index in [1.165, 1.54) is 11.3 Å². The monoisotopic (exact) mass is 270 g/mol. The van der Waals surface area contributed by atoms with Crippen LogP contribution in [0, 0.1) is 0 Å². The van der Waals surface area contributed by atoms with Gasteiger partial charge in [0.05, 0.1) is 6.61 Å². The molecule has 18 heavy (non-hydrogen) atoms. The third-order valence-corrected chi connectivity index (χ3v) is 3.12.